The number of aliphatic hydroxyl groups is 1. The third-order valence-corrected chi connectivity index (χ3v) is 2.75. The van der Waals surface area contributed by atoms with Crippen molar-refractivity contribution in [3.8, 4) is 0 Å². The van der Waals surface area contributed by atoms with Crippen LogP contribution in [0, 0.1) is 5.82 Å². The first-order valence-electron chi connectivity index (χ1n) is 5.60. The van der Waals surface area contributed by atoms with Crippen LogP contribution in [0.1, 0.15) is 16.2 Å². The predicted molar refractivity (Wildman–Crippen MR) is 67.4 cm³/mol. The van der Waals surface area contributed by atoms with Gasteiger partial charge < -0.3 is 10.1 Å². The van der Waals surface area contributed by atoms with Crippen molar-refractivity contribution < 1.29 is 14.3 Å². The second kappa shape index (κ2) is 4.57. The number of carbonyl (C=O) groups excluding carboxylic acids is 1. The minimum Gasteiger partial charge on any atom is -0.507 e. The molecule has 0 atom stereocenters. The largest absolute Gasteiger partial charge is 0.507 e. The van der Waals surface area contributed by atoms with Gasteiger partial charge in [-0.2, -0.15) is 5.21 Å². The van der Waals surface area contributed by atoms with Gasteiger partial charge in [-0.15, -0.1) is 10.2 Å². The van der Waals surface area contributed by atoms with Crippen LogP contribution in [0.5, 0.6) is 0 Å². The predicted octanol–water partition coefficient (Wildman–Crippen LogP) is 1.60. The summed E-state index contributed by atoms with van der Waals surface area (Å²) in [5.74, 6) is -1.52. The molecule has 100 valence electrons. The number of aromatic amines is 2. The van der Waals surface area contributed by atoms with E-state index in [1.165, 1.54) is 18.3 Å². The van der Waals surface area contributed by atoms with Crippen molar-refractivity contribution in [2.45, 2.75) is 0 Å². The van der Waals surface area contributed by atoms with Gasteiger partial charge in [-0.25, -0.2) is 4.39 Å². The molecule has 0 radical (unpaired) electrons. The maximum Gasteiger partial charge on any atom is 0.244 e. The zero-order valence-corrected chi connectivity index (χ0v) is 9.96. The molecule has 3 N–H and O–H groups in total. The van der Waals surface area contributed by atoms with Gasteiger partial charge in [0.15, 0.2) is 0 Å². The molecule has 3 aromatic rings. The van der Waals surface area contributed by atoms with Crippen molar-refractivity contribution in [1.82, 2.24) is 25.6 Å². The Balaban J connectivity index is 2.02. The molecule has 0 unspecified atom stereocenters. The number of benzene rings is 1. The zero-order chi connectivity index (χ0) is 14.1. The molecule has 8 heteroatoms. The lowest BCUT2D eigenvalue weighted by Crippen LogP contribution is -1.99. The highest BCUT2D eigenvalue weighted by Crippen LogP contribution is 2.24. The van der Waals surface area contributed by atoms with Crippen LogP contribution in [0.25, 0.3) is 16.7 Å². The molecule has 0 aliphatic rings. The van der Waals surface area contributed by atoms with E-state index in [2.05, 4.69) is 25.6 Å². The average molecular weight is 273 g/mol. The fourth-order valence-electron chi connectivity index (χ4n) is 1.84. The molecular formula is C12H8FN5O2. The van der Waals surface area contributed by atoms with Crippen LogP contribution in [0.2, 0.25) is 0 Å². The van der Waals surface area contributed by atoms with E-state index in [1.807, 2.05) is 0 Å². The molecule has 3 rings (SSSR count). The van der Waals surface area contributed by atoms with Crippen LogP contribution in [0.4, 0.5) is 4.39 Å². The van der Waals surface area contributed by atoms with Crippen LogP contribution in [0.15, 0.2) is 30.5 Å². The molecule has 0 spiro atoms. The molecular weight excluding hydrogens is 265 g/mol. The van der Waals surface area contributed by atoms with Crippen molar-refractivity contribution in [2.75, 3.05) is 0 Å². The first-order valence-corrected chi connectivity index (χ1v) is 5.60. The van der Waals surface area contributed by atoms with Gasteiger partial charge in [-0.1, -0.05) is 0 Å². The number of allylic oxidation sites excluding steroid dienone is 1. The fraction of sp³-hybridized carbons (Fsp3) is 0. The van der Waals surface area contributed by atoms with E-state index in [4.69, 9.17) is 0 Å². The number of H-pyrrole nitrogens is 2. The number of hydrogen-bond acceptors (Lipinski definition) is 5. The van der Waals surface area contributed by atoms with Crippen LogP contribution in [0.3, 0.4) is 0 Å². The van der Waals surface area contributed by atoms with Crippen LogP contribution in [-0.4, -0.2) is 36.5 Å². The number of fused-ring (bicyclic) bond motifs is 1. The van der Waals surface area contributed by atoms with Gasteiger partial charge in [0, 0.05) is 28.7 Å². The van der Waals surface area contributed by atoms with Gasteiger partial charge in [0.2, 0.25) is 11.6 Å². The Hall–Kier alpha value is -3.03. The van der Waals surface area contributed by atoms with Gasteiger partial charge in [0.25, 0.3) is 0 Å². The molecule has 2 aromatic heterocycles. The molecule has 20 heavy (non-hydrogen) atoms. The number of nitrogens with zero attached hydrogens (tertiary/aromatic N) is 3. The lowest BCUT2D eigenvalue weighted by Gasteiger charge is -1.97. The van der Waals surface area contributed by atoms with Crippen molar-refractivity contribution in [2.24, 2.45) is 0 Å². The Bertz CT molecular complexity index is 806. The maximum atomic E-state index is 13.2. The van der Waals surface area contributed by atoms with Crippen LogP contribution in [-0.2, 0) is 0 Å². The van der Waals surface area contributed by atoms with E-state index in [0.717, 1.165) is 6.08 Å². The summed E-state index contributed by atoms with van der Waals surface area (Å²) < 4.78 is 13.2. The molecule has 0 fully saturated rings. The number of aromatic nitrogens is 5. The van der Waals surface area contributed by atoms with E-state index in [1.54, 1.807) is 6.07 Å². The summed E-state index contributed by atoms with van der Waals surface area (Å²) in [5.41, 5.74) is 0.963. The monoisotopic (exact) mass is 273 g/mol. The first-order chi connectivity index (χ1) is 9.65. The zero-order valence-electron chi connectivity index (χ0n) is 9.96. The quantitative estimate of drug-likeness (QED) is 0.381. The van der Waals surface area contributed by atoms with Gasteiger partial charge in [-0.05, 0) is 23.4 Å². The standard InChI is InChI=1S/C12H8FN5O2/c13-6-1-2-9-7(3-6)8(5-14-9)10(19)4-11(20)12-15-17-18-16-12/h1-5,14,19H,(H,15,16,17,18)/b10-4-. The van der Waals surface area contributed by atoms with E-state index in [-0.39, 0.29) is 11.6 Å². The van der Waals surface area contributed by atoms with Crippen LogP contribution >= 0.6 is 0 Å². The summed E-state index contributed by atoms with van der Waals surface area (Å²) in [5, 5.41) is 22.9. The van der Waals surface area contributed by atoms with Gasteiger partial charge >= 0.3 is 0 Å². The van der Waals surface area contributed by atoms with E-state index in [0.29, 0.717) is 16.5 Å². The molecule has 1 aromatic carbocycles. The lowest BCUT2D eigenvalue weighted by atomic mass is 10.1. The van der Waals surface area contributed by atoms with Crippen molar-refractivity contribution in [3.63, 3.8) is 0 Å². The number of ketones is 1. The maximum absolute atomic E-state index is 13.2. The summed E-state index contributed by atoms with van der Waals surface area (Å²) in [4.78, 5) is 14.6. The number of rotatable bonds is 3. The van der Waals surface area contributed by atoms with Crippen molar-refractivity contribution in [3.05, 3.63) is 47.7 Å². The number of halogens is 1. The van der Waals surface area contributed by atoms with Gasteiger partial charge in [0.05, 0.1) is 0 Å². The topological polar surface area (TPSA) is 108 Å². The number of tetrazole rings is 1. The second-order valence-corrected chi connectivity index (χ2v) is 4.02. The minimum atomic E-state index is -0.609. The smallest absolute Gasteiger partial charge is 0.244 e. The third kappa shape index (κ3) is 2.03. The molecule has 0 aliphatic heterocycles. The first kappa shape index (κ1) is 12.0. The minimum absolute atomic E-state index is 0.164. The highest BCUT2D eigenvalue weighted by Gasteiger charge is 2.13. The summed E-state index contributed by atoms with van der Waals surface area (Å²) >= 11 is 0. The SMILES string of the molecule is O=C(/C=C(\O)c1c[nH]c2ccc(F)cc12)c1nn[nH]n1. The van der Waals surface area contributed by atoms with E-state index in [9.17, 15) is 14.3 Å². The lowest BCUT2D eigenvalue weighted by molar-refractivity contribution is 0.103. The number of nitrogens with one attached hydrogen (secondary N) is 2. The summed E-state index contributed by atoms with van der Waals surface area (Å²) in [7, 11) is 0. The average Bonchev–Trinajstić information content (AvgIpc) is 3.07. The Morgan fingerprint density at radius 3 is 3.00 bits per heavy atom. The van der Waals surface area contributed by atoms with Crippen molar-refractivity contribution >= 4 is 22.4 Å². The molecule has 0 aliphatic carbocycles. The second-order valence-electron chi connectivity index (χ2n) is 4.02. The number of carbonyl (C=O) groups is 1. The van der Waals surface area contributed by atoms with E-state index >= 15 is 0 Å². The van der Waals surface area contributed by atoms with Gasteiger partial charge in [0.1, 0.15) is 11.6 Å². The molecule has 7 nitrogen and oxygen atoms in total. The molecule has 2 heterocycles. The Morgan fingerprint density at radius 1 is 1.40 bits per heavy atom. The molecule has 0 saturated carbocycles. The summed E-state index contributed by atoms with van der Waals surface area (Å²) in [6.07, 6.45) is 2.44. The summed E-state index contributed by atoms with van der Waals surface area (Å²) in [6.45, 7) is 0. The number of hydrogen-bond donors (Lipinski definition) is 3. The fourth-order valence-corrected chi connectivity index (χ4v) is 1.84. The third-order valence-electron chi connectivity index (χ3n) is 2.75. The van der Waals surface area contributed by atoms with E-state index < -0.39 is 11.6 Å². The number of aliphatic hydroxyl groups excluding tert-OH is 1. The molecule has 0 saturated heterocycles. The highest BCUT2D eigenvalue weighted by atomic mass is 19.1. The summed E-state index contributed by atoms with van der Waals surface area (Å²) in [6, 6.07) is 4.11. The Labute approximate surface area is 111 Å². The molecule has 0 amide bonds. The van der Waals surface area contributed by atoms with Gasteiger partial charge in [-0.3, -0.25) is 4.79 Å². The van der Waals surface area contributed by atoms with Crippen molar-refractivity contribution in [1.29, 1.82) is 0 Å². The van der Waals surface area contributed by atoms with Crippen LogP contribution < -0.4 is 0 Å². The Kier molecular flexibility index (Phi) is 2.75. The Morgan fingerprint density at radius 2 is 2.25 bits per heavy atom. The highest BCUT2D eigenvalue weighted by molar-refractivity contribution is 6.06. The molecule has 0 bridgehead atoms. The normalized spacial score (nSPS) is 11.9.